The molecule has 2 aliphatic rings. The Hall–Kier alpha value is -2.83. The molecular weight excluding hydrogens is 449 g/mol. The van der Waals surface area contributed by atoms with Gasteiger partial charge < -0.3 is 14.7 Å². The van der Waals surface area contributed by atoms with Crippen molar-refractivity contribution in [3.8, 4) is 0 Å². The molecule has 0 aromatic heterocycles. The van der Waals surface area contributed by atoms with E-state index in [0.717, 1.165) is 24.2 Å². The third kappa shape index (κ3) is 5.14. The molecule has 0 spiro atoms. The Morgan fingerprint density at radius 3 is 2.06 bits per heavy atom. The highest BCUT2D eigenvalue weighted by molar-refractivity contribution is 6.35. The fourth-order valence-electron chi connectivity index (χ4n) is 3.95. The van der Waals surface area contributed by atoms with E-state index < -0.39 is 0 Å². The van der Waals surface area contributed by atoms with Crippen molar-refractivity contribution in [3.63, 3.8) is 0 Å². The lowest BCUT2D eigenvalue weighted by Crippen LogP contribution is -2.50. The molecule has 0 radical (unpaired) electrons. The maximum atomic E-state index is 12.7. The van der Waals surface area contributed by atoms with Gasteiger partial charge >= 0.3 is 0 Å². The summed E-state index contributed by atoms with van der Waals surface area (Å²) in [4.78, 5) is 42.3. The van der Waals surface area contributed by atoms with Crippen LogP contribution in [-0.4, -0.2) is 60.2 Å². The van der Waals surface area contributed by atoms with Crippen molar-refractivity contribution in [1.82, 2.24) is 9.80 Å². The highest BCUT2D eigenvalue weighted by Crippen LogP contribution is 2.23. The average molecular weight is 472 g/mol. The summed E-state index contributed by atoms with van der Waals surface area (Å²) in [6, 6.07) is 12.4. The summed E-state index contributed by atoms with van der Waals surface area (Å²) in [6.45, 7) is 2.56. The van der Waals surface area contributed by atoms with Crippen LogP contribution < -0.4 is 4.90 Å². The maximum Gasteiger partial charge on any atom is 0.254 e. The number of hydrogen-bond acceptors (Lipinski definition) is 3. The van der Waals surface area contributed by atoms with Gasteiger partial charge in [-0.15, -0.1) is 0 Å². The van der Waals surface area contributed by atoms with Gasteiger partial charge in [-0.2, -0.15) is 0 Å². The number of anilines is 1. The van der Waals surface area contributed by atoms with Gasteiger partial charge in [0.25, 0.3) is 5.91 Å². The standard InChI is InChI=1S/C24H23Cl2N3O3/c25-19-14-18(15-20(26)16-19)24(32)28-12-10-27(11-13-28)22(30)8-5-17-3-6-21(7-4-17)29-9-1-2-23(29)31/h3-8,14-16H,1-2,9-13H2/b8-5+. The van der Waals surface area contributed by atoms with Crippen molar-refractivity contribution in [2.45, 2.75) is 12.8 Å². The number of rotatable bonds is 4. The molecule has 2 aliphatic heterocycles. The predicted molar refractivity (Wildman–Crippen MR) is 126 cm³/mol. The van der Waals surface area contributed by atoms with Crippen LogP contribution in [0.5, 0.6) is 0 Å². The largest absolute Gasteiger partial charge is 0.336 e. The number of nitrogens with zero attached hydrogens (tertiary/aromatic N) is 3. The number of carbonyl (C=O) groups excluding carboxylic acids is 3. The van der Waals surface area contributed by atoms with E-state index in [1.54, 1.807) is 45.1 Å². The minimum Gasteiger partial charge on any atom is -0.336 e. The minimum absolute atomic E-state index is 0.0957. The molecule has 2 aromatic rings. The Kier molecular flexibility index (Phi) is 6.82. The summed E-state index contributed by atoms with van der Waals surface area (Å²) in [5.41, 5.74) is 2.22. The Bertz CT molecular complexity index is 1040. The second-order valence-corrected chi connectivity index (χ2v) is 8.72. The lowest BCUT2D eigenvalue weighted by atomic mass is 10.1. The van der Waals surface area contributed by atoms with Crippen molar-refractivity contribution < 1.29 is 14.4 Å². The summed E-state index contributed by atoms with van der Waals surface area (Å²) in [5.74, 6) is -0.0881. The van der Waals surface area contributed by atoms with Crippen molar-refractivity contribution in [3.05, 3.63) is 69.7 Å². The molecule has 0 saturated carbocycles. The third-order valence-corrected chi connectivity index (χ3v) is 6.12. The van der Waals surface area contributed by atoms with Crippen LogP contribution >= 0.6 is 23.2 Å². The van der Waals surface area contributed by atoms with E-state index in [1.807, 2.05) is 24.3 Å². The first-order valence-corrected chi connectivity index (χ1v) is 11.3. The lowest BCUT2D eigenvalue weighted by Gasteiger charge is -2.34. The zero-order valence-corrected chi connectivity index (χ0v) is 19.0. The molecule has 4 rings (SSSR count). The third-order valence-electron chi connectivity index (χ3n) is 5.68. The van der Waals surface area contributed by atoms with Gasteiger partial charge in [-0.3, -0.25) is 14.4 Å². The molecule has 0 atom stereocenters. The maximum absolute atomic E-state index is 12.7. The van der Waals surface area contributed by atoms with Crippen LogP contribution in [0.3, 0.4) is 0 Å². The smallest absolute Gasteiger partial charge is 0.254 e. The molecule has 0 N–H and O–H groups in total. The molecule has 32 heavy (non-hydrogen) atoms. The second-order valence-electron chi connectivity index (χ2n) is 7.85. The normalized spacial score (nSPS) is 16.8. The molecule has 2 aromatic carbocycles. The number of amides is 3. The molecule has 166 valence electrons. The first-order valence-electron chi connectivity index (χ1n) is 10.5. The highest BCUT2D eigenvalue weighted by Gasteiger charge is 2.24. The number of halogens is 2. The zero-order valence-electron chi connectivity index (χ0n) is 17.5. The van der Waals surface area contributed by atoms with Gasteiger partial charge in [-0.1, -0.05) is 35.3 Å². The molecule has 0 unspecified atom stereocenters. The van der Waals surface area contributed by atoms with Crippen LogP contribution in [0.25, 0.3) is 6.08 Å². The number of hydrogen-bond donors (Lipinski definition) is 0. The number of piperazine rings is 1. The Balaban J connectivity index is 1.31. The van der Waals surface area contributed by atoms with Gasteiger partial charge in [0.15, 0.2) is 0 Å². The van der Waals surface area contributed by atoms with Crippen molar-refractivity contribution >= 4 is 52.7 Å². The molecule has 8 heteroatoms. The van der Waals surface area contributed by atoms with E-state index in [-0.39, 0.29) is 17.7 Å². The molecule has 0 aliphatic carbocycles. The van der Waals surface area contributed by atoms with Gasteiger partial charge in [-0.05, 0) is 48.4 Å². The van der Waals surface area contributed by atoms with Crippen molar-refractivity contribution in [1.29, 1.82) is 0 Å². The van der Waals surface area contributed by atoms with Crippen molar-refractivity contribution in [2.75, 3.05) is 37.6 Å². The topological polar surface area (TPSA) is 60.9 Å². The van der Waals surface area contributed by atoms with E-state index in [4.69, 9.17) is 23.2 Å². The van der Waals surface area contributed by atoms with Gasteiger partial charge in [0.1, 0.15) is 0 Å². The van der Waals surface area contributed by atoms with Gasteiger partial charge in [0.2, 0.25) is 11.8 Å². The highest BCUT2D eigenvalue weighted by atomic mass is 35.5. The Morgan fingerprint density at radius 2 is 1.47 bits per heavy atom. The first-order chi connectivity index (χ1) is 15.4. The van der Waals surface area contributed by atoms with E-state index in [0.29, 0.717) is 48.2 Å². The summed E-state index contributed by atoms with van der Waals surface area (Å²) < 4.78 is 0. The van der Waals surface area contributed by atoms with Gasteiger partial charge in [0, 0.05) is 66.5 Å². The van der Waals surface area contributed by atoms with E-state index >= 15 is 0 Å². The SMILES string of the molecule is O=C(/C=C/c1ccc(N2CCCC2=O)cc1)N1CCN(C(=O)c2cc(Cl)cc(Cl)c2)CC1. The average Bonchev–Trinajstić information content (AvgIpc) is 3.22. The van der Waals surface area contributed by atoms with Crippen LogP contribution in [0.2, 0.25) is 10.0 Å². The monoisotopic (exact) mass is 471 g/mol. The Morgan fingerprint density at radius 1 is 0.844 bits per heavy atom. The van der Waals surface area contributed by atoms with Crippen LogP contribution in [0, 0.1) is 0 Å². The van der Waals surface area contributed by atoms with Crippen LogP contribution in [0.4, 0.5) is 5.69 Å². The summed E-state index contributed by atoms with van der Waals surface area (Å²) >= 11 is 12.0. The quantitative estimate of drug-likeness (QED) is 0.630. The molecule has 6 nitrogen and oxygen atoms in total. The van der Waals surface area contributed by atoms with E-state index in [1.165, 1.54) is 0 Å². The van der Waals surface area contributed by atoms with Crippen LogP contribution in [-0.2, 0) is 9.59 Å². The lowest BCUT2D eigenvalue weighted by molar-refractivity contribution is -0.127. The summed E-state index contributed by atoms with van der Waals surface area (Å²) in [7, 11) is 0. The van der Waals surface area contributed by atoms with Crippen LogP contribution in [0.15, 0.2) is 48.5 Å². The summed E-state index contributed by atoms with van der Waals surface area (Å²) in [5, 5.41) is 0.833. The van der Waals surface area contributed by atoms with E-state index in [2.05, 4.69) is 0 Å². The van der Waals surface area contributed by atoms with Crippen LogP contribution in [0.1, 0.15) is 28.8 Å². The molecule has 2 saturated heterocycles. The molecule has 2 fully saturated rings. The second kappa shape index (κ2) is 9.76. The van der Waals surface area contributed by atoms with E-state index in [9.17, 15) is 14.4 Å². The predicted octanol–water partition coefficient (Wildman–Crippen LogP) is 4.12. The zero-order chi connectivity index (χ0) is 22.7. The molecule has 2 heterocycles. The van der Waals surface area contributed by atoms with Crippen molar-refractivity contribution in [2.24, 2.45) is 0 Å². The van der Waals surface area contributed by atoms with Gasteiger partial charge in [-0.25, -0.2) is 0 Å². The fraction of sp³-hybridized carbons (Fsp3) is 0.292. The molecular formula is C24H23Cl2N3O3. The Labute approximate surface area is 197 Å². The van der Waals surface area contributed by atoms with Gasteiger partial charge in [0.05, 0.1) is 0 Å². The fourth-order valence-corrected chi connectivity index (χ4v) is 4.48. The minimum atomic E-state index is -0.145. The first kappa shape index (κ1) is 22.4. The molecule has 3 amide bonds. The number of carbonyl (C=O) groups is 3. The summed E-state index contributed by atoms with van der Waals surface area (Å²) in [6.07, 6.45) is 4.80. The number of benzene rings is 2. The molecule has 0 bridgehead atoms.